The molecule has 2 aromatic rings. The summed E-state index contributed by atoms with van der Waals surface area (Å²) in [5.41, 5.74) is 1.61. The lowest BCUT2D eigenvalue weighted by molar-refractivity contribution is -0.146. The number of hydrogen-bond donors (Lipinski definition) is 2. The standard InChI is InChI=1S/C23H25F2NO4/c24-19-7-3-16(4-8-19)15-26-23(28)21-13-18(17-5-9-20(25)10-6-17)14-22(30-21)29-12-2-1-11-27/h3-10,13,18,22,27H,1-2,11-12,14-15H2,(H,26,28)/t18-,22+/m0/s1. The largest absolute Gasteiger partial charge is 0.459 e. The molecule has 1 heterocycles. The lowest BCUT2D eigenvalue weighted by Crippen LogP contribution is -2.32. The Balaban J connectivity index is 1.68. The van der Waals surface area contributed by atoms with Crippen molar-refractivity contribution in [2.24, 2.45) is 0 Å². The van der Waals surface area contributed by atoms with Crippen LogP contribution in [0.25, 0.3) is 0 Å². The SMILES string of the molecule is O=C(NCc1ccc(F)cc1)C1=C[C@H](c2ccc(F)cc2)C[C@H](OCCCCO)O1. The fourth-order valence-corrected chi connectivity index (χ4v) is 3.16. The third kappa shape index (κ3) is 6.37. The summed E-state index contributed by atoms with van der Waals surface area (Å²) in [7, 11) is 0. The number of rotatable bonds is 9. The highest BCUT2D eigenvalue weighted by atomic mass is 19.1. The molecule has 0 unspecified atom stereocenters. The van der Waals surface area contributed by atoms with Gasteiger partial charge in [-0.1, -0.05) is 24.3 Å². The highest BCUT2D eigenvalue weighted by Gasteiger charge is 2.28. The van der Waals surface area contributed by atoms with Crippen molar-refractivity contribution in [1.82, 2.24) is 5.32 Å². The highest BCUT2D eigenvalue weighted by molar-refractivity contribution is 5.91. The second-order valence-electron chi connectivity index (χ2n) is 7.08. The van der Waals surface area contributed by atoms with Gasteiger partial charge in [0.2, 0.25) is 6.29 Å². The van der Waals surface area contributed by atoms with Crippen molar-refractivity contribution >= 4 is 5.91 Å². The van der Waals surface area contributed by atoms with E-state index in [-0.39, 0.29) is 36.5 Å². The topological polar surface area (TPSA) is 67.8 Å². The third-order valence-corrected chi connectivity index (χ3v) is 4.80. The van der Waals surface area contributed by atoms with Crippen molar-refractivity contribution in [3.8, 4) is 0 Å². The molecule has 0 saturated carbocycles. The van der Waals surface area contributed by atoms with Gasteiger partial charge in [-0.25, -0.2) is 8.78 Å². The van der Waals surface area contributed by atoms with Gasteiger partial charge in [0.25, 0.3) is 5.91 Å². The third-order valence-electron chi connectivity index (χ3n) is 4.80. The van der Waals surface area contributed by atoms with E-state index >= 15 is 0 Å². The van der Waals surface area contributed by atoms with Crippen LogP contribution in [0.4, 0.5) is 8.78 Å². The van der Waals surface area contributed by atoms with Crippen LogP contribution in [0.3, 0.4) is 0 Å². The zero-order chi connectivity index (χ0) is 21.3. The molecule has 1 aliphatic heterocycles. The fraction of sp³-hybridized carbons (Fsp3) is 0.348. The van der Waals surface area contributed by atoms with E-state index in [9.17, 15) is 13.6 Å². The molecule has 2 atom stereocenters. The molecule has 0 saturated heterocycles. The molecule has 0 bridgehead atoms. The number of hydrogen-bond acceptors (Lipinski definition) is 4. The zero-order valence-corrected chi connectivity index (χ0v) is 16.5. The van der Waals surface area contributed by atoms with Crippen LogP contribution in [0.2, 0.25) is 0 Å². The van der Waals surface area contributed by atoms with Gasteiger partial charge >= 0.3 is 0 Å². The number of unbranched alkanes of at least 4 members (excludes halogenated alkanes) is 1. The summed E-state index contributed by atoms with van der Waals surface area (Å²) in [6.45, 7) is 0.707. The molecule has 0 aromatic heterocycles. The van der Waals surface area contributed by atoms with Gasteiger partial charge < -0.3 is 19.9 Å². The Morgan fingerprint density at radius 2 is 1.73 bits per heavy atom. The molecule has 30 heavy (non-hydrogen) atoms. The van der Waals surface area contributed by atoms with E-state index in [0.29, 0.717) is 25.9 Å². The Kier molecular flexibility index (Phi) is 7.93. The van der Waals surface area contributed by atoms with Crippen LogP contribution in [-0.2, 0) is 20.8 Å². The average Bonchev–Trinajstić information content (AvgIpc) is 2.76. The van der Waals surface area contributed by atoms with Gasteiger partial charge in [-0.2, -0.15) is 0 Å². The van der Waals surface area contributed by atoms with E-state index in [4.69, 9.17) is 14.6 Å². The predicted octanol–water partition coefficient (Wildman–Crippen LogP) is 3.78. The molecule has 0 aliphatic carbocycles. The van der Waals surface area contributed by atoms with Crippen LogP contribution in [0.15, 0.2) is 60.4 Å². The summed E-state index contributed by atoms with van der Waals surface area (Å²) < 4.78 is 37.8. The number of aliphatic hydroxyl groups is 1. The monoisotopic (exact) mass is 417 g/mol. The van der Waals surface area contributed by atoms with E-state index in [1.54, 1.807) is 30.3 Å². The van der Waals surface area contributed by atoms with Gasteiger partial charge in [0, 0.05) is 25.5 Å². The summed E-state index contributed by atoms with van der Waals surface area (Å²) in [6.07, 6.45) is 2.86. The molecule has 0 fully saturated rings. The van der Waals surface area contributed by atoms with Crippen LogP contribution in [0, 0.1) is 11.6 Å². The highest BCUT2D eigenvalue weighted by Crippen LogP contribution is 2.31. The maximum Gasteiger partial charge on any atom is 0.286 e. The van der Waals surface area contributed by atoms with Crippen molar-refractivity contribution in [3.05, 3.63) is 83.1 Å². The minimum atomic E-state index is -0.629. The number of amides is 1. The van der Waals surface area contributed by atoms with E-state index in [0.717, 1.165) is 11.1 Å². The molecule has 3 rings (SSSR count). The van der Waals surface area contributed by atoms with Crippen LogP contribution in [0.1, 0.15) is 36.3 Å². The first-order chi connectivity index (χ1) is 14.5. The van der Waals surface area contributed by atoms with E-state index in [1.165, 1.54) is 24.3 Å². The Morgan fingerprint density at radius 3 is 2.40 bits per heavy atom. The quantitative estimate of drug-likeness (QED) is 0.610. The second-order valence-corrected chi connectivity index (χ2v) is 7.08. The summed E-state index contributed by atoms with van der Waals surface area (Å²) in [4.78, 5) is 12.7. The molecule has 2 N–H and O–H groups in total. The Bertz CT molecular complexity index is 853. The van der Waals surface area contributed by atoms with Crippen LogP contribution < -0.4 is 5.32 Å². The van der Waals surface area contributed by atoms with Gasteiger partial charge in [0.05, 0.1) is 6.61 Å². The molecular weight excluding hydrogens is 392 g/mol. The Hall–Kier alpha value is -2.77. The van der Waals surface area contributed by atoms with E-state index in [1.807, 2.05) is 0 Å². The maximum absolute atomic E-state index is 13.3. The molecule has 2 aromatic carbocycles. The Labute approximate surface area is 174 Å². The smallest absolute Gasteiger partial charge is 0.286 e. The molecule has 160 valence electrons. The number of nitrogens with one attached hydrogen (secondary N) is 1. The van der Waals surface area contributed by atoms with Crippen molar-refractivity contribution < 1.29 is 28.2 Å². The first-order valence-corrected chi connectivity index (χ1v) is 9.94. The van der Waals surface area contributed by atoms with Crippen molar-refractivity contribution in [2.75, 3.05) is 13.2 Å². The fourth-order valence-electron chi connectivity index (χ4n) is 3.16. The minimum Gasteiger partial charge on any atom is -0.459 e. The molecule has 7 heteroatoms. The van der Waals surface area contributed by atoms with Crippen molar-refractivity contribution in [2.45, 2.75) is 38.0 Å². The average molecular weight is 417 g/mol. The zero-order valence-electron chi connectivity index (χ0n) is 16.5. The normalized spacial score (nSPS) is 18.4. The van der Waals surface area contributed by atoms with Crippen molar-refractivity contribution in [1.29, 1.82) is 0 Å². The van der Waals surface area contributed by atoms with Gasteiger partial charge in [-0.3, -0.25) is 4.79 Å². The van der Waals surface area contributed by atoms with Gasteiger partial charge in [0.1, 0.15) is 11.6 Å². The van der Waals surface area contributed by atoms with Gasteiger partial charge in [0.15, 0.2) is 5.76 Å². The van der Waals surface area contributed by atoms with Crippen LogP contribution in [0.5, 0.6) is 0 Å². The first-order valence-electron chi connectivity index (χ1n) is 9.94. The second kappa shape index (κ2) is 10.8. The first kappa shape index (κ1) is 21.9. The molecular formula is C23H25F2NO4. The van der Waals surface area contributed by atoms with Gasteiger partial charge in [-0.05, 0) is 54.3 Å². The number of aliphatic hydroxyl groups excluding tert-OH is 1. The molecule has 5 nitrogen and oxygen atoms in total. The molecule has 1 amide bonds. The molecule has 0 radical (unpaired) electrons. The van der Waals surface area contributed by atoms with Crippen molar-refractivity contribution in [3.63, 3.8) is 0 Å². The lowest BCUT2D eigenvalue weighted by atomic mass is 9.93. The van der Waals surface area contributed by atoms with Crippen LogP contribution in [-0.4, -0.2) is 30.5 Å². The lowest BCUT2D eigenvalue weighted by Gasteiger charge is -2.29. The number of halogens is 2. The number of carbonyl (C=O) groups excluding carboxylic acids is 1. The number of benzene rings is 2. The molecule has 0 spiro atoms. The maximum atomic E-state index is 13.3. The van der Waals surface area contributed by atoms with Crippen LogP contribution >= 0.6 is 0 Å². The number of ether oxygens (including phenoxy) is 2. The molecule has 1 aliphatic rings. The van der Waals surface area contributed by atoms with Gasteiger partial charge in [-0.15, -0.1) is 0 Å². The Morgan fingerprint density at radius 1 is 1.07 bits per heavy atom. The minimum absolute atomic E-state index is 0.0873. The van der Waals surface area contributed by atoms with E-state index in [2.05, 4.69) is 5.32 Å². The predicted molar refractivity (Wildman–Crippen MR) is 107 cm³/mol. The summed E-state index contributed by atoms with van der Waals surface area (Å²) >= 11 is 0. The number of carbonyl (C=O) groups is 1. The summed E-state index contributed by atoms with van der Waals surface area (Å²) in [5.74, 6) is -1.12. The number of allylic oxidation sites excluding steroid dienone is 1. The summed E-state index contributed by atoms with van der Waals surface area (Å²) in [6, 6.07) is 12.0. The summed E-state index contributed by atoms with van der Waals surface area (Å²) in [5, 5.41) is 11.7. The van der Waals surface area contributed by atoms with E-state index < -0.39 is 12.2 Å².